The van der Waals surface area contributed by atoms with E-state index in [1.54, 1.807) is 11.3 Å². The summed E-state index contributed by atoms with van der Waals surface area (Å²) in [4.78, 5) is 20.4. The maximum Gasteiger partial charge on any atom is 0.411 e. The number of carbonyl (C=O) groups excluding carboxylic acids is 1. The van der Waals surface area contributed by atoms with E-state index >= 15 is 0 Å². The lowest BCUT2D eigenvalue weighted by Gasteiger charge is -2.16. The van der Waals surface area contributed by atoms with Gasteiger partial charge in [-0.1, -0.05) is 0 Å². The van der Waals surface area contributed by atoms with Crippen molar-refractivity contribution >= 4 is 33.4 Å². The average Bonchev–Trinajstić information content (AvgIpc) is 2.69. The standard InChI is InChI=1S/C11H8BrN3O2S/c12-8-3-6-7(18-8)2-1-5-9(6)14-4-15-10(5)17-11(13)16/h3-4H,1-2H2,(H2,13,16). The van der Waals surface area contributed by atoms with Gasteiger partial charge >= 0.3 is 6.09 Å². The molecule has 1 aliphatic carbocycles. The molecule has 2 heterocycles. The quantitative estimate of drug-likeness (QED) is 0.873. The number of thiophene rings is 1. The highest BCUT2D eigenvalue weighted by molar-refractivity contribution is 9.11. The molecule has 1 amide bonds. The van der Waals surface area contributed by atoms with Crippen molar-refractivity contribution in [3.05, 3.63) is 26.6 Å². The van der Waals surface area contributed by atoms with Crippen LogP contribution in [0.2, 0.25) is 0 Å². The zero-order valence-electron chi connectivity index (χ0n) is 9.14. The SMILES string of the molecule is NC(=O)Oc1ncnc2c1CCc1sc(Br)cc1-2. The maximum absolute atomic E-state index is 10.8. The number of aromatic nitrogens is 2. The number of hydrogen-bond acceptors (Lipinski definition) is 5. The fourth-order valence-electron chi connectivity index (χ4n) is 2.06. The minimum absolute atomic E-state index is 0.264. The highest BCUT2D eigenvalue weighted by atomic mass is 79.9. The Morgan fingerprint density at radius 3 is 3.06 bits per heavy atom. The molecule has 2 N–H and O–H groups in total. The molecule has 0 bridgehead atoms. The summed E-state index contributed by atoms with van der Waals surface area (Å²) in [5.74, 6) is 0.264. The van der Waals surface area contributed by atoms with Crippen LogP contribution < -0.4 is 10.5 Å². The van der Waals surface area contributed by atoms with Crippen LogP contribution in [0, 0.1) is 0 Å². The number of halogens is 1. The Hall–Kier alpha value is -1.47. The summed E-state index contributed by atoms with van der Waals surface area (Å²) >= 11 is 5.17. The van der Waals surface area contributed by atoms with Gasteiger partial charge in [0.25, 0.3) is 0 Å². The Bertz CT molecular complexity index is 641. The summed E-state index contributed by atoms with van der Waals surface area (Å²) in [6.07, 6.45) is 2.17. The molecule has 92 valence electrons. The number of aryl methyl sites for hydroxylation is 1. The van der Waals surface area contributed by atoms with Crippen molar-refractivity contribution in [1.82, 2.24) is 9.97 Å². The summed E-state index contributed by atoms with van der Waals surface area (Å²) in [5, 5.41) is 0. The molecule has 0 saturated heterocycles. The molecule has 0 aromatic carbocycles. The van der Waals surface area contributed by atoms with Crippen LogP contribution in [-0.4, -0.2) is 16.1 Å². The van der Waals surface area contributed by atoms with Gasteiger partial charge < -0.3 is 10.5 Å². The molecule has 7 heteroatoms. The van der Waals surface area contributed by atoms with Crippen LogP contribution in [0.4, 0.5) is 4.79 Å². The van der Waals surface area contributed by atoms with E-state index in [2.05, 4.69) is 25.9 Å². The van der Waals surface area contributed by atoms with Gasteiger partial charge in [0, 0.05) is 16.0 Å². The van der Waals surface area contributed by atoms with Crippen LogP contribution in [-0.2, 0) is 12.8 Å². The third kappa shape index (κ3) is 1.89. The summed E-state index contributed by atoms with van der Waals surface area (Å²) < 4.78 is 5.98. The van der Waals surface area contributed by atoms with E-state index < -0.39 is 6.09 Å². The van der Waals surface area contributed by atoms with Gasteiger partial charge in [0.15, 0.2) is 0 Å². The second-order valence-corrected chi connectivity index (χ2v) is 6.33. The van der Waals surface area contributed by atoms with Gasteiger partial charge in [0.1, 0.15) is 6.33 Å². The molecule has 1 aliphatic rings. The third-order valence-electron chi connectivity index (χ3n) is 2.74. The van der Waals surface area contributed by atoms with Crippen LogP contribution in [0.3, 0.4) is 0 Å². The van der Waals surface area contributed by atoms with Gasteiger partial charge in [-0.3, -0.25) is 0 Å². The van der Waals surface area contributed by atoms with E-state index in [4.69, 9.17) is 10.5 Å². The number of ether oxygens (including phenoxy) is 1. The minimum atomic E-state index is -0.854. The first-order valence-corrected chi connectivity index (χ1v) is 6.86. The van der Waals surface area contributed by atoms with Crippen molar-refractivity contribution in [2.24, 2.45) is 5.73 Å². The topological polar surface area (TPSA) is 78.1 Å². The van der Waals surface area contributed by atoms with Crippen molar-refractivity contribution in [1.29, 1.82) is 0 Å². The van der Waals surface area contributed by atoms with Gasteiger partial charge in [-0.2, -0.15) is 0 Å². The first-order valence-electron chi connectivity index (χ1n) is 5.25. The second-order valence-electron chi connectivity index (χ2n) is 3.81. The van der Waals surface area contributed by atoms with Gasteiger partial charge in [-0.05, 0) is 34.8 Å². The van der Waals surface area contributed by atoms with Crippen LogP contribution in [0.25, 0.3) is 11.3 Å². The summed E-state index contributed by atoms with van der Waals surface area (Å²) in [5.41, 5.74) is 7.77. The first-order chi connectivity index (χ1) is 8.65. The number of hydrogen-bond donors (Lipinski definition) is 1. The highest BCUT2D eigenvalue weighted by Gasteiger charge is 2.24. The van der Waals surface area contributed by atoms with Gasteiger partial charge in [0.2, 0.25) is 5.88 Å². The van der Waals surface area contributed by atoms with Crippen molar-refractivity contribution in [3.63, 3.8) is 0 Å². The Balaban J connectivity index is 2.14. The van der Waals surface area contributed by atoms with Crippen molar-refractivity contribution in [2.45, 2.75) is 12.8 Å². The van der Waals surface area contributed by atoms with Gasteiger partial charge in [-0.15, -0.1) is 11.3 Å². The monoisotopic (exact) mass is 325 g/mol. The second kappa shape index (κ2) is 4.33. The minimum Gasteiger partial charge on any atom is -0.391 e. The molecule has 5 nitrogen and oxygen atoms in total. The van der Waals surface area contributed by atoms with E-state index in [1.165, 1.54) is 11.2 Å². The first kappa shape index (κ1) is 11.6. The predicted octanol–water partition coefficient (Wildman–Crippen LogP) is 2.52. The molecular formula is C11H8BrN3O2S. The van der Waals surface area contributed by atoms with Gasteiger partial charge in [0.05, 0.1) is 9.48 Å². The number of carbonyl (C=O) groups is 1. The summed E-state index contributed by atoms with van der Waals surface area (Å²) in [6, 6.07) is 2.03. The molecule has 0 fully saturated rings. The molecule has 0 radical (unpaired) electrons. The zero-order chi connectivity index (χ0) is 12.7. The number of rotatable bonds is 1. The zero-order valence-corrected chi connectivity index (χ0v) is 11.5. The van der Waals surface area contributed by atoms with Crippen LogP contribution in [0.5, 0.6) is 5.88 Å². The van der Waals surface area contributed by atoms with Crippen LogP contribution in [0.1, 0.15) is 10.4 Å². The van der Waals surface area contributed by atoms with Crippen LogP contribution >= 0.6 is 27.3 Å². The Morgan fingerprint density at radius 2 is 2.28 bits per heavy atom. The average molecular weight is 326 g/mol. The molecule has 0 spiro atoms. The summed E-state index contributed by atoms with van der Waals surface area (Å²) in [6.45, 7) is 0. The molecule has 3 rings (SSSR count). The molecule has 0 aliphatic heterocycles. The van der Waals surface area contributed by atoms with E-state index in [9.17, 15) is 4.79 Å². The van der Waals surface area contributed by atoms with E-state index in [1.807, 2.05) is 6.07 Å². The Morgan fingerprint density at radius 1 is 1.44 bits per heavy atom. The number of fused-ring (bicyclic) bond motifs is 3. The van der Waals surface area contributed by atoms with Crippen molar-refractivity contribution in [2.75, 3.05) is 0 Å². The number of amides is 1. The molecule has 0 unspecified atom stereocenters. The van der Waals surface area contributed by atoms with E-state index in [0.717, 1.165) is 33.4 Å². The lowest BCUT2D eigenvalue weighted by atomic mass is 9.96. The number of nitrogens with two attached hydrogens (primary N) is 1. The molecule has 0 atom stereocenters. The number of nitrogens with zero attached hydrogens (tertiary/aromatic N) is 2. The normalized spacial score (nSPS) is 12.7. The van der Waals surface area contributed by atoms with Crippen LogP contribution in [0.15, 0.2) is 16.2 Å². The van der Waals surface area contributed by atoms with E-state index in [0.29, 0.717) is 0 Å². The molecule has 2 aromatic rings. The van der Waals surface area contributed by atoms with E-state index in [-0.39, 0.29) is 5.88 Å². The largest absolute Gasteiger partial charge is 0.411 e. The Labute approximate surface area is 115 Å². The smallest absolute Gasteiger partial charge is 0.391 e. The fraction of sp³-hybridized carbons (Fsp3) is 0.182. The van der Waals surface area contributed by atoms with Crippen molar-refractivity contribution < 1.29 is 9.53 Å². The van der Waals surface area contributed by atoms with Gasteiger partial charge in [-0.25, -0.2) is 14.8 Å². The maximum atomic E-state index is 10.8. The lowest BCUT2D eigenvalue weighted by Crippen LogP contribution is -2.19. The van der Waals surface area contributed by atoms with Crippen molar-refractivity contribution in [3.8, 4) is 17.1 Å². The lowest BCUT2D eigenvalue weighted by molar-refractivity contribution is 0.208. The Kier molecular flexibility index (Phi) is 2.79. The molecule has 18 heavy (non-hydrogen) atoms. The highest BCUT2D eigenvalue weighted by Crippen LogP contribution is 2.41. The molecular weight excluding hydrogens is 318 g/mol. The summed E-state index contributed by atoms with van der Waals surface area (Å²) in [7, 11) is 0. The number of primary amides is 1. The predicted molar refractivity (Wildman–Crippen MR) is 70.7 cm³/mol. The molecule has 2 aromatic heterocycles. The fourth-order valence-corrected chi connectivity index (χ4v) is 3.75. The third-order valence-corrected chi connectivity index (χ3v) is 4.44. The molecule has 0 saturated carbocycles.